The summed E-state index contributed by atoms with van der Waals surface area (Å²) in [5, 5.41) is 0.762. The molecule has 0 spiro atoms. The predicted molar refractivity (Wildman–Crippen MR) is 88.4 cm³/mol. The van der Waals surface area contributed by atoms with Crippen molar-refractivity contribution in [3.05, 3.63) is 76.1 Å². The summed E-state index contributed by atoms with van der Waals surface area (Å²) in [4.78, 5) is 12.1. The Morgan fingerprint density at radius 2 is 1.71 bits per heavy atom. The van der Waals surface area contributed by atoms with Gasteiger partial charge in [0.05, 0.1) is 11.2 Å². The van der Waals surface area contributed by atoms with Crippen LogP contribution in [0.2, 0.25) is 0 Å². The fourth-order valence-electron chi connectivity index (χ4n) is 2.88. The summed E-state index contributed by atoms with van der Waals surface area (Å²) in [6, 6.07) is 15.8. The molecule has 0 bridgehead atoms. The highest BCUT2D eigenvalue weighted by molar-refractivity contribution is 5.81. The highest BCUT2D eigenvalue weighted by Crippen LogP contribution is 2.28. The Morgan fingerprint density at radius 1 is 0.952 bits per heavy atom. The molecule has 106 valence electrons. The van der Waals surface area contributed by atoms with Crippen molar-refractivity contribution >= 4 is 10.9 Å². The first kappa shape index (κ1) is 13.6. The molecule has 0 unspecified atom stereocenters. The van der Waals surface area contributed by atoms with E-state index in [1.807, 2.05) is 30.5 Å². The smallest absolute Gasteiger partial charge is 0.189 e. The van der Waals surface area contributed by atoms with Crippen LogP contribution in [-0.2, 0) is 0 Å². The average molecular weight is 277 g/mol. The van der Waals surface area contributed by atoms with Crippen molar-refractivity contribution in [1.29, 1.82) is 0 Å². The van der Waals surface area contributed by atoms with Crippen LogP contribution in [0, 0.1) is 6.92 Å². The van der Waals surface area contributed by atoms with Crippen molar-refractivity contribution in [1.82, 2.24) is 4.57 Å². The Kier molecular flexibility index (Phi) is 3.38. The molecule has 0 radical (unpaired) electrons. The molecular weight excluding hydrogens is 258 g/mol. The average Bonchev–Trinajstić information content (AvgIpc) is 2.48. The van der Waals surface area contributed by atoms with Gasteiger partial charge in [-0.1, -0.05) is 44.2 Å². The zero-order chi connectivity index (χ0) is 15.0. The number of fused-ring (bicyclic) bond motifs is 1. The summed E-state index contributed by atoms with van der Waals surface area (Å²) in [7, 11) is 0. The number of rotatable bonds is 2. The second-order valence-corrected chi connectivity index (χ2v) is 5.73. The molecule has 1 aromatic heterocycles. The van der Waals surface area contributed by atoms with Gasteiger partial charge < -0.3 is 4.57 Å². The van der Waals surface area contributed by atoms with Crippen molar-refractivity contribution in [3.63, 3.8) is 0 Å². The zero-order valence-electron chi connectivity index (χ0n) is 12.6. The minimum Gasteiger partial charge on any atom is -0.316 e. The predicted octanol–water partition coefficient (Wildman–Crippen LogP) is 4.42. The third-order valence-electron chi connectivity index (χ3n) is 3.94. The van der Waals surface area contributed by atoms with E-state index < -0.39 is 0 Å². The van der Waals surface area contributed by atoms with Gasteiger partial charge in [-0.15, -0.1) is 0 Å². The number of aromatic nitrogens is 1. The Morgan fingerprint density at radius 3 is 2.48 bits per heavy atom. The molecule has 0 fully saturated rings. The summed E-state index contributed by atoms with van der Waals surface area (Å²) in [5.74, 6) is 0.429. The lowest BCUT2D eigenvalue weighted by molar-refractivity contribution is 0.846. The van der Waals surface area contributed by atoms with Crippen molar-refractivity contribution in [2.24, 2.45) is 0 Å². The van der Waals surface area contributed by atoms with E-state index in [-0.39, 0.29) is 5.43 Å². The van der Waals surface area contributed by atoms with E-state index in [4.69, 9.17) is 0 Å². The monoisotopic (exact) mass is 277 g/mol. The summed E-state index contributed by atoms with van der Waals surface area (Å²) in [6.45, 7) is 6.51. The van der Waals surface area contributed by atoms with Crippen LogP contribution in [0.1, 0.15) is 30.9 Å². The number of pyridine rings is 1. The summed E-state index contributed by atoms with van der Waals surface area (Å²) >= 11 is 0. The SMILES string of the molecule is Cc1cccc(C(C)C)c1-n1ccc(=O)c2ccccc21. The van der Waals surface area contributed by atoms with Gasteiger partial charge in [-0.3, -0.25) is 4.79 Å². The highest BCUT2D eigenvalue weighted by atomic mass is 16.1. The Hall–Kier alpha value is -2.35. The molecule has 0 aliphatic rings. The summed E-state index contributed by atoms with van der Waals surface area (Å²) in [5.41, 5.74) is 4.73. The Balaban J connectivity index is 2.42. The fourth-order valence-corrected chi connectivity index (χ4v) is 2.88. The molecule has 0 saturated carbocycles. The molecule has 21 heavy (non-hydrogen) atoms. The van der Waals surface area contributed by atoms with Crippen LogP contribution in [0.3, 0.4) is 0 Å². The topological polar surface area (TPSA) is 22.0 Å². The van der Waals surface area contributed by atoms with Crippen LogP contribution in [0.15, 0.2) is 59.5 Å². The van der Waals surface area contributed by atoms with E-state index >= 15 is 0 Å². The quantitative estimate of drug-likeness (QED) is 0.679. The molecule has 0 atom stereocenters. The molecule has 1 heterocycles. The molecule has 3 rings (SSSR count). The van der Waals surface area contributed by atoms with E-state index in [0.29, 0.717) is 5.92 Å². The third kappa shape index (κ3) is 2.27. The molecule has 0 amide bonds. The maximum absolute atomic E-state index is 12.1. The van der Waals surface area contributed by atoms with Gasteiger partial charge in [-0.25, -0.2) is 0 Å². The largest absolute Gasteiger partial charge is 0.316 e. The van der Waals surface area contributed by atoms with Gasteiger partial charge in [-0.2, -0.15) is 0 Å². The number of aryl methyl sites for hydroxylation is 1. The molecule has 3 aromatic rings. The Labute approximate surface area is 124 Å². The molecule has 0 aliphatic carbocycles. The first-order chi connectivity index (χ1) is 10.1. The van der Waals surface area contributed by atoms with E-state index in [0.717, 1.165) is 10.9 Å². The van der Waals surface area contributed by atoms with Crippen molar-refractivity contribution in [2.75, 3.05) is 0 Å². The second kappa shape index (κ2) is 5.21. The molecule has 0 saturated heterocycles. The van der Waals surface area contributed by atoms with E-state index in [9.17, 15) is 4.79 Å². The first-order valence-corrected chi connectivity index (χ1v) is 7.30. The van der Waals surface area contributed by atoms with Gasteiger partial charge in [0.2, 0.25) is 0 Å². The first-order valence-electron chi connectivity index (χ1n) is 7.30. The normalized spacial score (nSPS) is 11.2. The third-order valence-corrected chi connectivity index (χ3v) is 3.94. The van der Waals surface area contributed by atoms with Crippen molar-refractivity contribution < 1.29 is 0 Å². The van der Waals surface area contributed by atoms with Crippen molar-refractivity contribution in [2.45, 2.75) is 26.7 Å². The number of hydrogen-bond donors (Lipinski definition) is 0. The van der Waals surface area contributed by atoms with Crippen LogP contribution in [0.4, 0.5) is 0 Å². The number of hydrogen-bond acceptors (Lipinski definition) is 1. The molecule has 2 nitrogen and oxygen atoms in total. The fraction of sp³-hybridized carbons (Fsp3) is 0.211. The molecule has 2 aromatic carbocycles. The van der Waals surface area contributed by atoms with Crippen LogP contribution in [-0.4, -0.2) is 4.57 Å². The number of para-hydroxylation sites is 2. The molecule has 0 aliphatic heterocycles. The highest BCUT2D eigenvalue weighted by Gasteiger charge is 2.12. The molecule has 2 heteroatoms. The minimum atomic E-state index is 0.0709. The maximum atomic E-state index is 12.1. The molecule has 0 N–H and O–H groups in total. The minimum absolute atomic E-state index is 0.0709. The van der Waals surface area contributed by atoms with Gasteiger partial charge in [-0.05, 0) is 36.1 Å². The van der Waals surface area contributed by atoms with Crippen molar-refractivity contribution in [3.8, 4) is 5.69 Å². The number of nitrogens with zero attached hydrogens (tertiary/aromatic N) is 1. The van der Waals surface area contributed by atoms with E-state index in [1.165, 1.54) is 16.8 Å². The van der Waals surface area contributed by atoms with E-state index in [2.05, 4.69) is 43.5 Å². The standard InChI is InChI=1S/C19H19NO/c1-13(2)15-9-6-7-14(3)19(15)20-12-11-18(21)16-8-4-5-10-17(16)20/h4-13H,1-3H3. The maximum Gasteiger partial charge on any atom is 0.189 e. The van der Waals surface area contributed by atoms with Crippen LogP contribution >= 0.6 is 0 Å². The molecular formula is C19H19NO. The lowest BCUT2D eigenvalue weighted by atomic mass is 9.97. The zero-order valence-corrected chi connectivity index (χ0v) is 12.6. The number of benzene rings is 2. The lowest BCUT2D eigenvalue weighted by Gasteiger charge is -2.19. The van der Waals surface area contributed by atoms with Crippen LogP contribution < -0.4 is 5.43 Å². The summed E-state index contributed by atoms with van der Waals surface area (Å²) < 4.78 is 2.14. The van der Waals surface area contributed by atoms with Gasteiger partial charge in [0.1, 0.15) is 0 Å². The van der Waals surface area contributed by atoms with E-state index in [1.54, 1.807) is 6.07 Å². The van der Waals surface area contributed by atoms with Gasteiger partial charge in [0, 0.05) is 17.6 Å². The summed E-state index contributed by atoms with van der Waals surface area (Å²) in [6.07, 6.45) is 1.89. The Bertz CT molecular complexity index is 859. The van der Waals surface area contributed by atoms with Gasteiger partial charge in [0.25, 0.3) is 0 Å². The second-order valence-electron chi connectivity index (χ2n) is 5.73. The van der Waals surface area contributed by atoms with Crippen LogP contribution in [0.5, 0.6) is 0 Å². The van der Waals surface area contributed by atoms with Gasteiger partial charge in [0.15, 0.2) is 5.43 Å². The van der Waals surface area contributed by atoms with Gasteiger partial charge >= 0.3 is 0 Å². The van der Waals surface area contributed by atoms with Crippen LogP contribution in [0.25, 0.3) is 16.6 Å². The lowest BCUT2D eigenvalue weighted by Crippen LogP contribution is -2.10.